The summed E-state index contributed by atoms with van der Waals surface area (Å²) >= 11 is 0. The van der Waals surface area contributed by atoms with Crippen LogP contribution in [-0.2, 0) is 10.0 Å². The van der Waals surface area contributed by atoms with Crippen molar-refractivity contribution in [1.29, 1.82) is 0 Å². The average molecular weight is 492 g/mol. The second kappa shape index (κ2) is 11.0. The lowest BCUT2D eigenvalue weighted by Crippen LogP contribution is -2.31. The van der Waals surface area contributed by atoms with Crippen LogP contribution in [0.1, 0.15) is 38.1 Å². The molecule has 1 amide bonds. The van der Waals surface area contributed by atoms with E-state index in [4.69, 9.17) is 14.2 Å². The molecular formula is C24H33N3O6S. The van der Waals surface area contributed by atoms with Gasteiger partial charge in [0.1, 0.15) is 13.2 Å². The molecule has 0 bridgehead atoms. The molecule has 0 radical (unpaired) electrons. The molecule has 186 valence electrons. The number of nitrogens with one attached hydrogen (secondary N) is 1. The normalized spacial score (nSPS) is 13.0. The van der Waals surface area contributed by atoms with Gasteiger partial charge in [0.2, 0.25) is 15.8 Å². The monoisotopic (exact) mass is 491 g/mol. The molecule has 10 heteroatoms. The van der Waals surface area contributed by atoms with Gasteiger partial charge in [0, 0.05) is 31.7 Å². The first-order chi connectivity index (χ1) is 16.3. The van der Waals surface area contributed by atoms with Crippen LogP contribution in [0, 0.1) is 0 Å². The lowest BCUT2D eigenvalue weighted by Gasteiger charge is -2.26. The van der Waals surface area contributed by atoms with Crippen molar-refractivity contribution in [3.05, 3.63) is 35.9 Å². The number of amides is 1. The molecule has 0 atom stereocenters. The van der Waals surface area contributed by atoms with E-state index in [0.29, 0.717) is 67.9 Å². The topological polar surface area (TPSA) is 97.4 Å². The van der Waals surface area contributed by atoms with Crippen molar-refractivity contribution in [2.24, 2.45) is 0 Å². The summed E-state index contributed by atoms with van der Waals surface area (Å²) in [5, 5.41) is 2.91. The van der Waals surface area contributed by atoms with E-state index in [1.807, 2.05) is 18.7 Å². The molecule has 9 nitrogen and oxygen atoms in total. The number of fused-ring (bicyclic) bond motifs is 1. The molecule has 2 aromatic rings. The third-order valence-electron chi connectivity index (χ3n) is 5.75. The SMILES string of the molecule is CCN(CC)c1ccc(S(=O)(=O)N(CC)CC)cc1NC(=O)c1cc(OC)c2c(c1)OCCO2. The molecule has 3 rings (SSSR count). The number of hydrogen-bond donors (Lipinski definition) is 1. The Balaban J connectivity index is 2.04. The number of ether oxygens (including phenoxy) is 3. The summed E-state index contributed by atoms with van der Waals surface area (Å²) in [5.74, 6) is 0.865. The molecule has 1 aliphatic heterocycles. The molecule has 0 aromatic heterocycles. The zero-order valence-electron chi connectivity index (χ0n) is 20.4. The zero-order valence-corrected chi connectivity index (χ0v) is 21.2. The van der Waals surface area contributed by atoms with E-state index in [0.717, 1.165) is 5.69 Å². The van der Waals surface area contributed by atoms with Crippen LogP contribution in [0.2, 0.25) is 0 Å². The molecule has 1 N–H and O–H groups in total. The highest BCUT2D eigenvalue weighted by molar-refractivity contribution is 7.89. The molecule has 1 heterocycles. The Morgan fingerprint density at radius 3 is 2.29 bits per heavy atom. The van der Waals surface area contributed by atoms with E-state index < -0.39 is 15.9 Å². The number of rotatable bonds is 10. The van der Waals surface area contributed by atoms with Gasteiger partial charge in [-0.3, -0.25) is 4.79 Å². The molecule has 0 saturated carbocycles. The van der Waals surface area contributed by atoms with Crippen molar-refractivity contribution >= 4 is 27.3 Å². The Kier molecular flexibility index (Phi) is 8.27. The van der Waals surface area contributed by atoms with Crippen LogP contribution in [0.5, 0.6) is 17.2 Å². The minimum Gasteiger partial charge on any atom is -0.493 e. The molecule has 2 aromatic carbocycles. The smallest absolute Gasteiger partial charge is 0.255 e. The molecule has 0 spiro atoms. The van der Waals surface area contributed by atoms with Crippen molar-refractivity contribution < 1.29 is 27.4 Å². The molecule has 0 saturated heterocycles. The lowest BCUT2D eigenvalue weighted by molar-refractivity contribution is 0.102. The summed E-state index contributed by atoms with van der Waals surface area (Å²) in [5.41, 5.74) is 1.46. The molecular weight excluding hydrogens is 458 g/mol. The standard InChI is InChI=1S/C24H33N3O6S/c1-6-26(7-2)20-11-10-18(34(29,30)27(8-3)9-4)16-19(20)25-24(28)17-14-21(31-5)23-22(15-17)32-12-13-33-23/h10-11,14-16H,6-9,12-13H2,1-5H3,(H,25,28). The Hall–Kier alpha value is -2.98. The van der Waals surface area contributed by atoms with Gasteiger partial charge in [-0.25, -0.2) is 8.42 Å². The number of hydrogen-bond acceptors (Lipinski definition) is 7. The van der Waals surface area contributed by atoms with E-state index in [-0.39, 0.29) is 4.90 Å². The Bertz CT molecular complexity index is 1110. The maximum Gasteiger partial charge on any atom is 0.255 e. The van der Waals surface area contributed by atoms with Gasteiger partial charge in [-0.05, 0) is 44.2 Å². The number of carbonyl (C=O) groups excluding carboxylic acids is 1. The van der Waals surface area contributed by atoms with Gasteiger partial charge in [-0.1, -0.05) is 13.8 Å². The highest BCUT2D eigenvalue weighted by Crippen LogP contribution is 2.40. The van der Waals surface area contributed by atoms with Crippen LogP contribution in [0.3, 0.4) is 0 Å². The quantitative estimate of drug-likeness (QED) is 0.542. The second-order valence-corrected chi connectivity index (χ2v) is 9.54. The highest BCUT2D eigenvalue weighted by atomic mass is 32.2. The van der Waals surface area contributed by atoms with Crippen LogP contribution < -0.4 is 24.4 Å². The summed E-state index contributed by atoms with van der Waals surface area (Å²) < 4.78 is 44.3. The third-order valence-corrected chi connectivity index (χ3v) is 7.80. The van der Waals surface area contributed by atoms with Crippen molar-refractivity contribution in [2.45, 2.75) is 32.6 Å². The summed E-state index contributed by atoms with van der Waals surface area (Å²) in [6.07, 6.45) is 0. The Morgan fingerprint density at radius 1 is 1.00 bits per heavy atom. The van der Waals surface area contributed by atoms with Gasteiger partial charge in [0.25, 0.3) is 5.91 Å². The minimum atomic E-state index is -3.70. The van der Waals surface area contributed by atoms with E-state index >= 15 is 0 Å². The van der Waals surface area contributed by atoms with Gasteiger partial charge >= 0.3 is 0 Å². The van der Waals surface area contributed by atoms with E-state index in [9.17, 15) is 13.2 Å². The Labute approximate surface area is 201 Å². The highest BCUT2D eigenvalue weighted by Gasteiger charge is 2.25. The van der Waals surface area contributed by atoms with Crippen molar-refractivity contribution in [1.82, 2.24) is 4.31 Å². The predicted molar refractivity (Wildman–Crippen MR) is 132 cm³/mol. The third kappa shape index (κ3) is 5.07. The molecule has 0 fully saturated rings. The molecule has 34 heavy (non-hydrogen) atoms. The van der Waals surface area contributed by atoms with Gasteiger partial charge in [0.05, 0.1) is 23.4 Å². The molecule has 0 unspecified atom stereocenters. The lowest BCUT2D eigenvalue weighted by atomic mass is 10.1. The number of carbonyl (C=O) groups is 1. The van der Waals surface area contributed by atoms with Crippen LogP contribution in [0.15, 0.2) is 35.2 Å². The van der Waals surface area contributed by atoms with Crippen molar-refractivity contribution in [3.8, 4) is 17.2 Å². The summed E-state index contributed by atoms with van der Waals surface area (Å²) in [4.78, 5) is 15.5. The second-order valence-electron chi connectivity index (χ2n) is 7.60. The fraction of sp³-hybridized carbons (Fsp3) is 0.458. The largest absolute Gasteiger partial charge is 0.493 e. The first kappa shape index (κ1) is 25.6. The predicted octanol–water partition coefficient (Wildman–Crippen LogP) is 3.60. The summed E-state index contributed by atoms with van der Waals surface area (Å²) in [7, 11) is -2.20. The first-order valence-electron chi connectivity index (χ1n) is 11.5. The fourth-order valence-corrected chi connectivity index (χ4v) is 5.41. The molecule has 1 aliphatic rings. The number of nitrogens with zero attached hydrogens (tertiary/aromatic N) is 2. The van der Waals surface area contributed by atoms with E-state index in [1.165, 1.54) is 17.5 Å². The van der Waals surface area contributed by atoms with Crippen LogP contribution in [0.25, 0.3) is 0 Å². The fourth-order valence-electron chi connectivity index (χ4n) is 3.93. The Morgan fingerprint density at radius 2 is 1.68 bits per heavy atom. The van der Waals surface area contributed by atoms with Crippen LogP contribution in [-0.4, -0.2) is 65.1 Å². The van der Waals surface area contributed by atoms with E-state index in [2.05, 4.69) is 5.32 Å². The summed E-state index contributed by atoms with van der Waals surface area (Å²) in [6.45, 7) is 10.5. The zero-order chi connectivity index (χ0) is 24.9. The van der Waals surface area contributed by atoms with Crippen LogP contribution >= 0.6 is 0 Å². The van der Waals surface area contributed by atoms with Gasteiger partial charge in [-0.2, -0.15) is 4.31 Å². The van der Waals surface area contributed by atoms with Crippen molar-refractivity contribution in [3.63, 3.8) is 0 Å². The maximum atomic E-state index is 13.3. The number of anilines is 2. The number of benzene rings is 2. The van der Waals surface area contributed by atoms with Gasteiger partial charge in [0.15, 0.2) is 11.5 Å². The number of sulfonamides is 1. The average Bonchev–Trinajstić information content (AvgIpc) is 2.85. The van der Waals surface area contributed by atoms with Crippen LogP contribution in [0.4, 0.5) is 11.4 Å². The first-order valence-corrected chi connectivity index (χ1v) is 12.9. The molecule has 0 aliphatic carbocycles. The minimum absolute atomic E-state index is 0.127. The maximum absolute atomic E-state index is 13.3. The number of methoxy groups -OCH3 is 1. The van der Waals surface area contributed by atoms with Gasteiger partial charge < -0.3 is 24.4 Å². The van der Waals surface area contributed by atoms with Crippen molar-refractivity contribution in [2.75, 3.05) is 56.7 Å². The van der Waals surface area contributed by atoms with E-state index in [1.54, 1.807) is 38.1 Å². The van der Waals surface area contributed by atoms with Gasteiger partial charge in [-0.15, -0.1) is 0 Å². The summed E-state index contributed by atoms with van der Waals surface area (Å²) in [6, 6.07) is 8.03.